The molecule has 4 rings (SSSR count). The van der Waals surface area contributed by atoms with Crippen molar-refractivity contribution in [2.75, 3.05) is 31.1 Å². The summed E-state index contributed by atoms with van der Waals surface area (Å²) >= 11 is 6.38. The maximum atomic E-state index is 12.0. The van der Waals surface area contributed by atoms with Gasteiger partial charge in [-0.1, -0.05) is 42.8 Å². The topological polar surface area (TPSA) is 49.3 Å². The fourth-order valence-electron chi connectivity index (χ4n) is 3.46. The minimum absolute atomic E-state index is 0.207. The van der Waals surface area contributed by atoms with Crippen LogP contribution >= 0.6 is 11.6 Å². The molecule has 1 aromatic heterocycles. The normalized spacial score (nSPS) is 14.6. The number of rotatable bonds is 3. The van der Waals surface area contributed by atoms with Crippen molar-refractivity contribution in [1.29, 1.82) is 0 Å². The highest BCUT2D eigenvalue weighted by molar-refractivity contribution is 6.33. The Labute approximate surface area is 163 Å². The van der Waals surface area contributed by atoms with Gasteiger partial charge in [-0.15, -0.1) is 0 Å². The number of para-hydroxylation sites is 1. The van der Waals surface area contributed by atoms with E-state index in [9.17, 15) is 4.79 Å². The molecule has 1 aliphatic heterocycles. The molecule has 0 saturated carbocycles. The van der Waals surface area contributed by atoms with Gasteiger partial charge in [-0.05, 0) is 24.3 Å². The highest BCUT2D eigenvalue weighted by Gasteiger charge is 2.23. The molecule has 2 aromatic carbocycles. The molecule has 1 amide bonds. The number of benzene rings is 2. The zero-order valence-corrected chi connectivity index (χ0v) is 16.0. The van der Waals surface area contributed by atoms with Crippen LogP contribution in [0.15, 0.2) is 48.5 Å². The highest BCUT2D eigenvalue weighted by Crippen LogP contribution is 2.31. The van der Waals surface area contributed by atoms with E-state index in [4.69, 9.17) is 21.6 Å². The maximum Gasteiger partial charge on any atom is 0.222 e. The summed E-state index contributed by atoms with van der Waals surface area (Å²) in [6.07, 6.45) is 0.549. The van der Waals surface area contributed by atoms with Crippen molar-refractivity contribution in [3.05, 3.63) is 53.6 Å². The summed E-state index contributed by atoms with van der Waals surface area (Å²) in [5.74, 6) is 1.74. The van der Waals surface area contributed by atoms with Crippen molar-refractivity contribution < 1.29 is 4.79 Å². The summed E-state index contributed by atoms with van der Waals surface area (Å²) in [7, 11) is 0. The molecule has 1 fully saturated rings. The first-order valence-electron chi connectivity index (χ1n) is 9.22. The Morgan fingerprint density at radius 3 is 2.44 bits per heavy atom. The van der Waals surface area contributed by atoms with E-state index in [2.05, 4.69) is 4.90 Å². The van der Waals surface area contributed by atoms with E-state index in [1.165, 1.54) is 0 Å². The molecule has 1 saturated heterocycles. The number of halogens is 1. The Bertz CT molecular complexity index is 983. The van der Waals surface area contributed by atoms with Gasteiger partial charge in [0, 0.05) is 43.5 Å². The summed E-state index contributed by atoms with van der Waals surface area (Å²) in [6.45, 7) is 4.85. The van der Waals surface area contributed by atoms with Crippen LogP contribution in [0.1, 0.15) is 13.3 Å². The van der Waals surface area contributed by atoms with Crippen LogP contribution in [-0.4, -0.2) is 47.0 Å². The number of carbonyl (C=O) groups excluding carboxylic acids is 1. The second kappa shape index (κ2) is 7.53. The molecule has 5 nitrogen and oxygen atoms in total. The average molecular weight is 381 g/mol. The van der Waals surface area contributed by atoms with E-state index in [1.54, 1.807) is 0 Å². The predicted molar refractivity (Wildman–Crippen MR) is 109 cm³/mol. The number of aromatic nitrogens is 2. The van der Waals surface area contributed by atoms with E-state index < -0.39 is 0 Å². The third-order valence-corrected chi connectivity index (χ3v) is 5.26. The van der Waals surface area contributed by atoms with Gasteiger partial charge in [0.2, 0.25) is 5.91 Å². The van der Waals surface area contributed by atoms with Crippen molar-refractivity contribution in [2.24, 2.45) is 0 Å². The Balaban J connectivity index is 1.74. The van der Waals surface area contributed by atoms with E-state index in [-0.39, 0.29) is 5.91 Å². The van der Waals surface area contributed by atoms with Crippen LogP contribution in [0.5, 0.6) is 0 Å². The number of nitrogens with zero attached hydrogens (tertiary/aromatic N) is 4. The summed E-state index contributed by atoms with van der Waals surface area (Å²) in [4.78, 5) is 25.7. The van der Waals surface area contributed by atoms with Gasteiger partial charge >= 0.3 is 0 Å². The van der Waals surface area contributed by atoms with Crippen LogP contribution in [0.2, 0.25) is 5.02 Å². The fraction of sp³-hybridized carbons (Fsp3) is 0.286. The minimum atomic E-state index is 0.207. The number of hydrogen-bond acceptors (Lipinski definition) is 4. The highest BCUT2D eigenvalue weighted by atomic mass is 35.5. The summed E-state index contributed by atoms with van der Waals surface area (Å²) in [6, 6.07) is 15.7. The second-order valence-corrected chi connectivity index (χ2v) is 7.00. The van der Waals surface area contributed by atoms with E-state index in [0.29, 0.717) is 30.4 Å². The molecule has 138 valence electrons. The maximum absolute atomic E-state index is 12.0. The molecule has 0 N–H and O–H groups in total. The Hall–Kier alpha value is -2.66. The zero-order chi connectivity index (χ0) is 18.8. The molecule has 27 heavy (non-hydrogen) atoms. The standard InChI is InChI=1S/C21H21ClN4O/c1-2-19(27)25-11-13-26(14-12-25)21-16-8-4-6-10-18(16)23-20(24-21)15-7-3-5-9-17(15)22/h3-10H,2,11-14H2,1H3. The Morgan fingerprint density at radius 1 is 1.00 bits per heavy atom. The second-order valence-electron chi connectivity index (χ2n) is 6.59. The molecule has 0 bridgehead atoms. The zero-order valence-electron chi connectivity index (χ0n) is 15.2. The summed E-state index contributed by atoms with van der Waals surface area (Å²) < 4.78 is 0. The van der Waals surface area contributed by atoms with Crippen molar-refractivity contribution in [3.63, 3.8) is 0 Å². The van der Waals surface area contributed by atoms with Crippen molar-refractivity contribution >= 4 is 34.2 Å². The molecule has 0 aliphatic carbocycles. The number of piperazine rings is 1. The number of hydrogen-bond donors (Lipinski definition) is 0. The van der Waals surface area contributed by atoms with Gasteiger partial charge in [-0.25, -0.2) is 9.97 Å². The lowest BCUT2D eigenvalue weighted by molar-refractivity contribution is -0.131. The lowest BCUT2D eigenvalue weighted by atomic mass is 10.1. The van der Waals surface area contributed by atoms with Crippen molar-refractivity contribution in [1.82, 2.24) is 14.9 Å². The third-order valence-electron chi connectivity index (χ3n) is 4.93. The molecule has 3 aromatic rings. The molecule has 0 spiro atoms. The molecule has 0 atom stereocenters. The number of anilines is 1. The van der Waals surface area contributed by atoms with Crippen LogP contribution < -0.4 is 4.90 Å². The predicted octanol–water partition coefficient (Wildman–Crippen LogP) is 4.01. The van der Waals surface area contributed by atoms with Crippen LogP contribution in [0.4, 0.5) is 5.82 Å². The number of fused-ring (bicyclic) bond motifs is 1. The van der Waals surface area contributed by atoms with E-state index in [0.717, 1.165) is 35.4 Å². The monoisotopic (exact) mass is 380 g/mol. The first kappa shape index (κ1) is 17.7. The third kappa shape index (κ3) is 3.47. The van der Waals surface area contributed by atoms with Gasteiger partial charge in [-0.3, -0.25) is 4.79 Å². The Morgan fingerprint density at radius 2 is 1.70 bits per heavy atom. The molecule has 0 unspecified atom stereocenters. The summed E-state index contributed by atoms with van der Waals surface area (Å²) in [5, 5.41) is 1.65. The lowest BCUT2D eigenvalue weighted by Crippen LogP contribution is -2.49. The first-order chi connectivity index (χ1) is 13.2. The molecule has 0 radical (unpaired) electrons. The fourth-order valence-corrected chi connectivity index (χ4v) is 3.68. The van der Waals surface area contributed by atoms with Crippen LogP contribution in [0, 0.1) is 0 Å². The first-order valence-corrected chi connectivity index (χ1v) is 9.59. The number of carbonyl (C=O) groups is 1. The van der Waals surface area contributed by atoms with Gasteiger partial charge < -0.3 is 9.80 Å². The quantitative estimate of drug-likeness (QED) is 0.688. The van der Waals surface area contributed by atoms with Gasteiger partial charge in [0.15, 0.2) is 5.82 Å². The van der Waals surface area contributed by atoms with Gasteiger partial charge in [0.25, 0.3) is 0 Å². The molecular formula is C21H21ClN4O. The lowest BCUT2D eigenvalue weighted by Gasteiger charge is -2.35. The average Bonchev–Trinajstić information content (AvgIpc) is 2.73. The molecule has 2 heterocycles. The SMILES string of the molecule is CCC(=O)N1CCN(c2nc(-c3ccccc3Cl)nc3ccccc23)CC1. The van der Waals surface area contributed by atoms with Gasteiger partial charge in [0.05, 0.1) is 10.5 Å². The summed E-state index contributed by atoms with van der Waals surface area (Å²) in [5.41, 5.74) is 1.72. The van der Waals surface area contributed by atoms with Gasteiger partial charge in [-0.2, -0.15) is 0 Å². The molecule has 6 heteroatoms. The molecular weight excluding hydrogens is 360 g/mol. The van der Waals surface area contributed by atoms with Crippen molar-refractivity contribution in [3.8, 4) is 11.4 Å². The minimum Gasteiger partial charge on any atom is -0.352 e. The number of amides is 1. The van der Waals surface area contributed by atoms with Crippen LogP contribution in [0.25, 0.3) is 22.3 Å². The van der Waals surface area contributed by atoms with E-state index >= 15 is 0 Å². The van der Waals surface area contributed by atoms with Crippen molar-refractivity contribution in [2.45, 2.75) is 13.3 Å². The van der Waals surface area contributed by atoms with Crippen LogP contribution in [-0.2, 0) is 4.79 Å². The Kier molecular flexibility index (Phi) is 4.94. The smallest absolute Gasteiger partial charge is 0.222 e. The molecule has 1 aliphatic rings. The van der Waals surface area contributed by atoms with E-state index in [1.807, 2.05) is 60.4 Å². The largest absolute Gasteiger partial charge is 0.352 e. The van der Waals surface area contributed by atoms with Gasteiger partial charge in [0.1, 0.15) is 5.82 Å². The van der Waals surface area contributed by atoms with Crippen LogP contribution in [0.3, 0.4) is 0 Å².